The highest BCUT2D eigenvalue weighted by Crippen LogP contribution is 2.04. The van der Waals surface area contributed by atoms with E-state index in [-0.39, 0.29) is 0 Å². The minimum atomic E-state index is 0.569. The van der Waals surface area contributed by atoms with Crippen molar-refractivity contribution < 1.29 is 4.52 Å². The quantitative estimate of drug-likeness (QED) is 0.837. The predicted molar refractivity (Wildman–Crippen MR) is 66.9 cm³/mol. The lowest BCUT2D eigenvalue weighted by atomic mass is 10.2. The lowest BCUT2D eigenvalue weighted by Gasteiger charge is -2.08. The Morgan fingerprint density at radius 1 is 1.44 bits per heavy atom. The fourth-order valence-corrected chi connectivity index (χ4v) is 1.67. The Bertz CT molecular complexity index is 488. The first-order chi connectivity index (χ1) is 8.65. The summed E-state index contributed by atoms with van der Waals surface area (Å²) >= 11 is 0. The van der Waals surface area contributed by atoms with Gasteiger partial charge in [0.25, 0.3) is 0 Å². The SMILES string of the molecule is Cc1noc(Cn2ccnc2CNCC(C)C)n1. The van der Waals surface area contributed by atoms with Gasteiger partial charge in [0.2, 0.25) is 5.89 Å². The molecule has 2 heterocycles. The standard InChI is InChI=1S/C12H19N5O/c1-9(2)6-13-7-11-14-4-5-17(11)8-12-15-10(3)16-18-12/h4-5,9,13H,6-8H2,1-3H3. The van der Waals surface area contributed by atoms with E-state index in [1.54, 1.807) is 6.20 Å². The molecular formula is C12H19N5O. The van der Waals surface area contributed by atoms with E-state index in [9.17, 15) is 0 Å². The van der Waals surface area contributed by atoms with Crippen molar-refractivity contribution in [1.82, 2.24) is 25.0 Å². The summed E-state index contributed by atoms with van der Waals surface area (Å²) in [7, 11) is 0. The number of nitrogens with one attached hydrogen (secondary N) is 1. The lowest BCUT2D eigenvalue weighted by molar-refractivity contribution is 0.365. The molecule has 2 aromatic rings. The molecular weight excluding hydrogens is 230 g/mol. The summed E-state index contributed by atoms with van der Waals surface area (Å²) in [6.45, 7) is 8.47. The Balaban J connectivity index is 1.95. The summed E-state index contributed by atoms with van der Waals surface area (Å²) in [5.41, 5.74) is 0. The van der Waals surface area contributed by atoms with E-state index in [1.165, 1.54) is 0 Å². The first kappa shape index (κ1) is 12.8. The molecule has 0 amide bonds. The molecule has 2 rings (SSSR count). The van der Waals surface area contributed by atoms with Gasteiger partial charge in [0.15, 0.2) is 5.82 Å². The van der Waals surface area contributed by atoms with Crippen LogP contribution in [0.3, 0.4) is 0 Å². The molecule has 0 unspecified atom stereocenters. The van der Waals surface area contributed by atoms with Crippen molar-refractivity contribution in [3.8, 4) is 0 Å². The van der Waals surface area contributed by atoms with Gasteiger partial charge in [-0.25, -0.2) is 4.98 Å². The molecule has 6 nitrogen and oxygen atoms in total. The minimum absolute atomic E-state index is 0.569. The Morgan fingerprint density at radius 2 is 2.28 bits per heavy atom. The van der Waals surface area contributed by atoms with Crippen LogP contribution in [0.2, 0.25) is 0 Å². The molecule has 0 aliphatic heterocycles. The number of hydrogen-bond donors (Lipinski definition) is 1. The number of aromatic nitrogens is 4. The molecule has 0 aromatic carbocycles. The number of imidazole rings is 1. The van der Waals surface area contributed by atoms with E-state index < -0.39 is 0 Å². The highest BCUT2D eigenvalue weighted by molar-refractivity contribution is 4.96. The van der Waals surface area contributed by atoms with E-state index >= 15 is 0 Å². The van der Waals surface area contributed by atoms with E-state index in [0.29, 0.717) is 24.2 Å². The normalized spacial score (nSPS) is 11.3. The minimum Gasteiger partial charge on any atom is -0.337 e. The van der Waals surface area contributed by atoms with Crippen LogP contribution in [-0.4, -0.2) is 26.2 Å². The summed E-state index contributed by atoms with van der Waals surface area (Å²) in [4.78, 5) is 8.51. The Kier molecular flexibility index (Phi) is 4.09. The van der Waals surface area contributed by atoms with Gasteiger partial charge < -0.3 is 14.4 Å². The van der Waals surface area contributed by atoms with Gasteiger partial charge >= 0.3 is 0 Å². The molecule has 1 N–H and O–H groups in total. The van der Waals surface area contributed by atoms with Crippen molar-refractivity contribution in [2.45, 2.75) is 33.9 Å². The van der Waals surface area contributed by atoms with Gasteiger partial charge in [-0.15, -0.1) is 0 Å². The van der Waals surface area contributed by atoms with Gasteiger partial charge in [-0.05, 0) is 19.4 Å². The largest absolute Gasteiger partial charge is 0.337 e. The van der Waals surface area contributed by atoms with Crippen LogP contribution in [0.25, 0.3) is 0 Å². The van der Waals surface area contributed by atoms with E-state index in [2.05, 4.69) is 34.3 Å². The van der Waals surface area contributed by atoms with Crippen molar-refractivity contribution in [3.05, 3.63) is 29.9 Å². The van der Waals surface area contributed by atoms with Crippen LogP contribution >= 0.6 is 0 Å². The molecule has 0 atom stereocenters. The topological polar surface area (TPSA) is 68.8 Å². The van der Waals surface area contributed by atoms with Crippen molar-refractivity contribution in [2.24, 2.45) is 5.92 Å². The lowest BCUT2D eigenvalue weighted by Crippen LogP contribution is -2.21. The van der Waals surface area contributed by atoms with E-state index in [4.69, 9.17) is 4.52 Å². The zero-order valence-corrected chi connectivity index (χ0v) is 11.1. The maximum Gasteiger partial charge on any atom is 0.246 e. The van der Waals surface area contributed by atoms with Crippen LogP contribution in [0, 0.1) is 12.8 Å². The molecule has 0 saturated carbocycles. The number of hydrogen-bond acceptors (Lipinski definition) is 5. The van der Waals surface area contributed by atoms with Crippen molar-refractivity contribution in [1.29, 1.82) is 0 Å². The number of rotatable bonds is 6. The summed E-state index contributed by atoms with van der Waals surface area (Å²) in [6, 6.07) is 0. The van der Waals surface area contributed by atoms with Gasteiger partial charge in [0.1, 0.15) is 12.4 Å². The first-order valence-corrected chi connectivity index (χ1v) is 6.15. The summed E-state index contributed by atoms with van der Waals surface area (Å²) in [5, 5.41) is 7.15. The van der Waals surface area contributed by atoms with Gasteiger partial charge in [-0.2, -0.15) is 4.98 Å². The highest BCUT2D eigenvalue weighted by atomic mass is 16.5. The summed E-state index contributed by atoms with van der Waals surface area (Å²) < 4.78 is 7.12. The molecule has 0 saturated heterocycles. The molecule has 0 fully saturated rings. The highest BCUT2D eigenvalue weighted by Gasteiger charge is 2.08. The van der Waals surface area contributed by atoms with Crippen LogP contribution < -0.4 is 5.32 Å². The molecule has 6 heteroatoms. The maximum absolute atomic E-state index is 5.11. The third-order valence-electron chi connectivity index (χ3n) is 2.51. The second-order valence-corrected chi connectivity index (χ2v) is 4.73. The van der Waals surface area contributed by atoms with Gasteiger partial charge in [0, 0.05) is 12.4 Å². The van der Waals surface area contributed by atoms with Gasteiger partial charge in [0.05, 0.1) is 6.54 Å². The zero-order chi connectivity index (χ0) is 13.0. The van der Waals surface area contributed by atoms with Crippen molar-refractivity contribution >= 4 is 0 Å². The monoisotopic (exact) mass is 249 g/mol. The second-order valence-electron chi connectivity index (χ2n) is 4.73. The molecule has 0 aliphatic carbocycles. The van der Waals surface area contributed by atoms with Gasteiger partial charge in [-0.1, -0.05) is 19.0 Å². The van der Waals surface area contributed by atoms with Crippen molar-refractivity contribution in [2.75, 3.05) is 6.54 Å². The van der Waals surface area contributed by atoms with Crippen LogP contribution in [-0.2, 0) is 13.1 Å². The van der Waals surface area contributed by atoms with Gasteiger partial charge in [-0.3, -0.25) is 0 Å². The summed E-state index contributed by atoms with van der Waals surface area (Å²) in [6.07, 6.45) is 3.71. The average molecular weight is 249 g/mol. The first-order valence-electron chi connectivity index (χ1n) is 6.15. The van der Waals surface area contributed by atoms with Crippen molar-refractivity contribution in [3.63, 3.8) is 0 Å². The van der Waals surface area contributed by atoms with E-state index in [1.807, 2.05) is 17.7 Å². The molecule has 0 bridgehead atoms. The predicted octanol–water partition coefficient (Wildman–Crippen LogP) is 1.37. The Hall–Kier alpha value is -1.69. The molecule has 0 aliphatic rings. The fraction of sp³-hybridized carbons (Fsp3) is 0.583. The smallest absolute Gasteiger partial charge is 0.246 e. The Morgan fingerprint density at radius 3 is 2.94 bits per heavy atom. The third kappa shape index (κ3) is 3.40. The van der Waals surface area contributed by atoms with Crippen LogP contribution in [0.1, 0.15) is 31.4 Å². The third-order valence-corrected chi connectivity index (χ3v) is 2.51. The fourth-order valence-electron chi connectivity index (χ4n) is 1.67. The Labute approximate surface area is 106 Å². The van der Waals surface area contributed by atoms with Crippen LogP contribution in [0.5, 0.6) is 0 Å². The summed E-state index contributed by atoms with van der Waals surface area (Å²) in [5.74, 6) is 2.87. The molecule has 98 valence electrons. The second kappa shape index (κ2) is 5.77. The molecule has 0 radical (unpaired) electrons. The molecule has 0 spiro atoms. The van der Waals surface area contributed by atoms with E-state index in [0.717, 1.165) is 18.9 Å². The number of aryl methyl sites for hydroxylation is 1. The maximum atomic E-state index is 5.11. The zero-order valence-electron chi connectivity index (χ0n) is 11.1. The number of nitrogens with zero attached hydrogens (tertiary/aromatic N) is 4. The average Bonchev–Trinajstić information content (AvgIpc) is 2.89. The van der Waals surface area contributed by atoms with Crippen LogP contribution in [0.4, 0.5) is 0 Å². The molecule has 18 heavy (non-hydrogen) atoms. The molecule has 2 aromatic heterocycles. The van der Waals surface area contributed by atoms with Crippen LogP contribution in [0.15, 0.2) is 16.9 Å².